The van der Waals surface area contributed by atoms with E-state index in [1.807, 2.05) is 0 Å². The number of nitrogens with one attached hydrogen (secondary N) is 3. The number of fused-ring (bicyclic) bond motifs is 2. The zero-order valence-corrected chi connectivity index (χ0v) is 17.5. The fourth-order valence-electron chi connectivity index (χ4n) is 3.52. The van der Waals surface area contributed by atoms with E-state index in [1.54, 1.807) is 43.4 Å². The molecule has 0 fully saturated rings. The zero-order chi connectivity index (χ0) is 21.7. The number of benzene rings is 2. The molecule has 0 spiro atoms. The molecule has 2 aromatic rings. The van der Waals surface area contributed by atoms with Crippen LogP contribution in [0.15, 0.2) is 36.4 Å². The Balaban J connectivity index is 1.66. The maximum atomic E-state index is 13.1. The Morgan fingerprint density at radius 2 is 1.40 bits per heavy atom. The SMILES string of the molecule is CNc1ccc(NCCCNCCCS(=O)(=O)O)c2c1C(=O)c1ccccc1C2=O. The zero-order valence-electron chi connectivity index (χ0n) is 16.7. The average molecular weight is 432 g/mol. The number of anilines is 2. The minimum absolute atomic E-state index is 0.172. The summed E-state index contributed by atoms with van der Waals surface area (Å²) in [6, 6.07) is 10.4. The second kappa shape index (κ2) is 9.38. The van der Waals surface area contributed by atoms with E-state index in [1.165, 1.54) is 0 Å². The molecule has 1 aliphatic rings. The Kier molecular flexibility index (Phi) is 6.86. The first-order valence-electron chi connectivity index (χ1n) is 9.76. The minimum atomic E-state index is -3.92. The molecule has 0 aromatic heterocycles. The first-order chi connectivity index (χ1) is 14.3. The Morgan fingerprint density at radius 3 is 2.00 bits per heavy atom. The van der Waals surface area contributed by atoms with Crippen LogP contribution in [0, 0.1) is 0 Å². The predicted molar refractivity (Wildman–Crippen MR) is 116 cm³/mol. The van der Waals surface area contributed by atoms with E-state index in [4.69, 9.17) is 4.55 Å². The van der Waals surface area contributed by atoms with Gasteiger partial charge in [0.25, 0.3) is 10.1 Å². The van der Waals surface area contributed by atoms with Gasteiger partial charge in [-0.3, -0.25) is 14.1 Å². The number of carbonyl (C=O) groups is 2. The van der Waals surface area contributed by atoms with E-state index in [9.17, 15) is 18.0 Å². The van der Waals surface area contributed by atoms with E-state index < -0.39 is 10.1 Å². The van der Waals surface area contributed by atoms with Gasteiger partial charge < -0.3 is 16.0 Å². The molecule has 3 rings (SSSR count). The van der Waals surface area contributed by atoms with Gasteiger partial charge in [-0.1, -0.05) is 24.3 Å². The smallest absolute Gasteiger partial charge is 0.264 e. The Labute approximate surface area is 175 Å². The summed E-state index contributed by atoms with van der Waals surface area (Å²) in [5.74, 6) is -0.614. The molecule has 2 aromatic carbocycles. The summed E-state index contributed by atoms with van der Waals surface area (Å²) in [6.45, 7) is 1.69. The minimum Gasteiger partial charge on any atom is -0.388 e. The topological polar surface area (TPSA) is 125 Å². The summed E-state index contributed by atoms with van der Waals surface area (Å²) in [5.41, 5.74) is 2.82. The van der Waals surface area contributed by atoms with Gasteiger partial charge in [0.05, 0.1) is 16.9 Å². The van der Waals surface area contributed by atoms with E-state index in [2.05, 4.69) is 16.0 Å². The van der Waals surface area contributed by atoms with E-state index in [0.717, 1.165) is 6.42 Å². The van der Waals surface area contributed by atoms with E-state index in [0.29, 0.717) is 59.7 Å². The average Bonchev–Trinajstić information content (AvgIpc) is 2.72. The van der Waals surface area contributed by atoms with Crippen molar-refractivity contribution in [3.8, 4) is 0 Å². The maximum absolute atomic E-state index is 13.1. The second-order valence-corrected chi connectivity index (χ2v) is 8.61. The first kappa shape index (κ1) is 21.9. The van der Waals surface area contributed by atoms with Gasteiger partial charge in [0.15, 0.2) is 11.6 Å². The van der Waals surface area contributed by atoms with Crippen LogP contribution in [0.1, 0.15) is 44.7 Å². The number of hydrogen-bond acceptors (Lipinski definition) is 7. The summed E-state index contributed by atoms with van der Waals surface area (Å²) < 4.78 is 30.0. The standard InChI is InChI=1S/C21H25N3O5S/c1-22-16-8-9-17(24-12-4-10-23-11-5-13-30(27,28)29)19-18(16)20(25)14-6-2-3-7-15(14)21(19)26/h2-3,6-9,22-24H,4-5,10-13H2,1H3,(H,27,28,29). The second-order valence-electron chi connectivity index (χ2n) is 7.03. The van der Waals surface area contributed by atoms with Gasteiger partial charge in [0, 0.05) is 36.1 Å². The van der Waals surface area contributed by atoms with Gasteiger partial charge in [0.2, 0.25) is 0 Å². The molecule has 4 N–H and O–H groups in total. The molecule has 0 amide bonds. The molecule has 0 saturated heterocycles. The van der Waals surface area contributed by atoms with Crippen LogP contribution in [0.5, 0.6) is 0 Å². The molecule has 0 radical (unpaired) electrons. The molecule has 0 atom stereocenters. The van der Waals surface area contributed by atoms with Crippen LogP contribution in [-0.4, -0.2) is 57.0 Å². The summed E-state index contributed by atoms with van der Waals surface area (Å²) >= 11 is 0. The van der Waals surface area contributed by atoms with Crippen LogP contribution in [0.4, 0.5) is 11.4 Å². The molecule has 0 unspecified atom stereocenters. The third-order valence-electron chi connectivity index (χ3n) is 4.95. The Morgan fingerprint density at radius 1 is 0.833 bits per heavy atom. The third kappa shape index (κ3) is 4.86. The number of hydrogen-bond donors (Lipinski definition) is 4. The molecule has 160 valence electrons. The lowest BCUT2D eigenvalue weighted by atomic mass is 9.82. The molecule has 1 aliphatic carbocycles. The lowest BCUT2D eigenvalue weighted by Crippen LogP contribution is -2.25. The van der Waals surface area contributed by atoms with Crippen molar-refractivity contribution < 1.29 is 22.6 Å². The largest absolute Gasteiger partial charge is 0.388 e. The predicted octanol–water partition coefficient (Wildman–Crippen LogP) is 2.17. The molecule has 0 bridgehead atoms. The third-order valence-corrected chi connectivity index (χ3v) is 5.75. The summed E-state index contributed by atoms with van der Waals surface area (Å²) in [6.07, 6.45) is 1.06. The van der Waals surface area contributed by atoms with Crippen LogP contribution in [-0.2, 0) is 10.1 Å². The lowest BCUT2D eigenvalue weighted by Gasteiger charge is -2.23. The fourth-order valence-corrected chi connectivity index (χ4v) is 4.03. The van der Waals surface area contributed by atoms with Crippen molar-refractivity contribution in [3.63, 3.8) is 0 Å². The molecule has 8 nitrogen and oxygen atoms in total. The summed E-state index contributed by atoms with van der Waals surface area (Å²) in [7, 11) is -2.20. The quantitative estimate of drug-likeness (QED) is 0.284. The van der Waals surface area contributed by atoms with Crippen molar-refractivity contribution in [1.29, 1.82) is 0 Å². The van der Waals surface area contributed by atoms with Crippen molar-refractivity contribution in [2.24, 2.45) is 0 Å². The van der Waals surface area contributed by atoms with Crippen molar-refractivity contribution in [3.05, 3.63) is 58.7 Å². The van der Waals surface area contributed by atoms with Crippen molar-refractivity contribution in [1.82, 2.24) is 5.32 Å². The van der Waals surface area contributed by atoms with Crippen LogP contribution < -0.4 is 16.0 Å². The van der Waals surface area contributed by atoms with Gasteiger partial charge >= 0.3 is 0 Å². The van der Waals surface area contributed by atoms with Gasteiger partial charge in [-0.15, -0.1) is 0 Å². The van der Waals surface area contributed by atoms with Crippen LogP contribution >= 0.6 is 0 Å². The summed E-state index contributed by atoms with van der Waals surface area (Å²) in [4.78, 5) is 26.2. The highest BCUT2D eigenvalue weighted by molar-refractivity contribution is 7.85. The highest BCUT2D eigenvalue weighted by atomic mass is 32.2. The number of rotatable bonds is 10. The van der Waals surface area contributed by atoms with E-state index in [-0.39, 0.29) is 17.3 Å². The fraction of sp³-hybridized carbons (Fsp3) is 0.333. The molecule has 9 heteroatoms. The van der Waals surface area contributed by atoms with Crippen molar-refractivity contribution in [2.45, 2.75) is 12.8 Å². The Hall–Kier alpha value is -2.75. The van der Waals surface area contributed by atoms with Gasteiger partial charge in [-0.05, 0) is 38.1 Å². The monoisotopic (exact) mass is 431 g/mol. The maximum Gasteiger partial charge on any atom is 0.264 e. The summed E-state index contributed by atoms with van der Waals surface area (Å²) in [5, 5.41) is 9.35. The van der Waals surface area contributed by atoms with Gasteiger partial charge in [-0.2, -0.15) is 8.42 Å². The Bertz CT molecular complexity index is 1070. The molecule has 0 aliphatic heterocycles. The van der Waals surface area contributed by atoms with Gasteiger partial charge in [-0.25, -0.2) is 0 Å². The lowest BCUT2D eigenvalue weighted by molar-refractivity contribution is 0.0980. The van der Waals surface area contributed by atoms with Gasteiger partial charge in [0.1, 0.15) is 0 Å². The van der Waals surface area contributed by atoms with Crippen LogP contribution in [0.25, 0.3) is 0 Å². The van der Waals surface area contributed by atoms with Crippen LogP contribution in [0.3, 0.4) is 0 Å². The van der Waals surface area contributed by atoms with Crippen molar-refractivity contribution >= 4 is 33.1 Å². The van der Waals surface area contributed by atoms with Crippen molar-refractivity contribution in [2.75, 3.05) is 43.1 Å². The van der Waals surface area contributed by atoms with Crippen LogP contribution in [0.2, 0.25) is 0 Å². The molecule has 30 heavy (non-hydrogen) atoms. The molecule has 0 saturated carbocycles. The molecular weight excluding hydrogens is 406 g/mol. The highest BCUT2D eigenvalue weighted by Gasteiger charge is 2.33. The number of ketones is 2. The van der Waals surface area contributed by atoms with E-state index >= 15 is 0 Å². The molecular formula is C21H25N3O5S. The molecule has 0 heterocycles. The first-order valence-corrected chi connectivity index (χ1v) is 11.4. The number of carbonyl (C=O) groups excluding carboxylic acids is 2. The normalized spacial score (nSPS) is 13.0. The highest BCUT2D eigenvalue weighted by Crippen LogP contribution is 2.36.